The Balaban J connectivity index is 1.56. The SMILES string of the molecule is CCN1CC(CN(C)c2nc3nonc3nc2NC2CC2)CC1=O. The standard InChI is InChI=1S/C15H21N7O2/c1-3-22-8-9(6-11(22)23)7-21(2)15-14(16-10-4-5-10)17-12-13(18-15)20-24-19-12/h9-10H,3-8H2,1-2H3,(H,16,17,19). The van der Waals surface area contributed by atoms with Crippen molar-refractivity contribution in [2.75, 3.05) is 36.9 Å². The van der Waals surface area contributed by atoms with E-state index in [0.29, 0.717) is 35.5 Å². The lowest BCUT2D eigenvalue weighted by Gasteiger charge is -2.23. The van der Waals surface area contributed by atoms with Gasteiger partial charge in [-0.15, -0.1) is 0 Å². The summed E-state index contributed by atoms with van der Waals surface area (Å²) in [5, 5.41) is 11.0. The zero-order valence-electron chi connectivity index (χ0n) is 13.9. The van der Waals surface area contributed by atoms with Gasteiger partial charge in [0.2, 0.25) is 17.2 Å². The Morgan fingerprint density at radius 1 is 1.29 bits per heavy atom. The molecule has 0 bridgehead atoms. The molecule has 2 aromatic heterocycles. The van der Waals surface area contributed by atoms with Crippen LogP contribution < -0.4 is 10.2 Å². The number of nitrogens with zero attached hydrogens (tertiary/aromatic N) is 6. The van der Waals surface area contributed by atoms with Gasteiger partial charge in [0, 0.05) is 45.1 Å². The number of carbonyl (C=O) groups excluding carboxylic acids is 1. The van der Waals surface area contributed by atoms with E-state index in [9.17, 15) is 4.79 Å². The van der Waals surface area contributed by atoms with Gasteiger partial charge in [-0.25, -0.2) is 14.6 Å². The summed E-state index contributed by atoms with van der Waals surface area (Å²) in [4.78, 5) is 24.9. The fraction of sp³-hybridized carbons (Fsp3) is 0.667. The molecule has 24 heavy (non-hydrogen) atoms. The largest absolute Gasteiger partial charge is 0.364 e. The number of carbonyl (C=O) groups is 1. The minimum atomic E-state index is 0.231. The van der Waals surface area contributed by atoms with Crippen LogP contribution in [0.3, 0.4) is 0 Å². The first-order valence-corrected chi connectivity index (χ1v) is 8.39. The van der Waals surface area contributed by atoms with Gasteiger partial charge in [0.15, 0.2) is 11.6 Å². The number of fused-ring (bicyclic) bond motifs is 1. The number of likely N-dealkylation sites (tertiary alicyclic amines) is 1. The van der Waals surface area contributed by atoms with E-state index < -0.39 is 0 Å². The first kappa shape index (κ1) is 15.1. The van der Waals surface area contributed by atoms with Gasteiger partial charge < -0.3 is 15.1 Å². The molecule has 128 valence electrons. The lowest BCUT2D eigenvalue weighted by molar-refractivity contribution is -0.127. The predicted molar refractivity (Wildman–Crippen MR) is 87.7 cm³/mol. The molecule has 1 amide bonds. The summed E-state index contributed by atoms with van der Waals surface area (Å²) in [6.45, 7) is 4.32. The quantitative estimate of drug-likeness (QED) is 0.833. The van der Waals surface area contributed by atoms with Crippen LogP contribution in [0.1, 0.15) is 26.2 Å². The minimum absolute atomic E-state index is 0.231. The van der Waals surface area contributed by atoms with Crippen LogP contribution in [0.4, 0.5) is 11.6 Å². The third-order valence-electron chi connectivity index (χ3n) is 4.58. The molecule has 1 aliphatic heterocycles. The number of amides is 1. The van der Waals surface area contributed by atoms with Crippen molar-refractivity contribution in [2.45, 2.75) is 32.2 Å². The van der Waals surface area contributed by atoms with E-state index in [1.54, 1.807) is 0 Å². The van der Waals surface area contributed by atoms with Crippen LogP contribution in [0, 0.1) is 5.92 Å². The van der Waals surface area contributed by atoms with Crippen LogP contribution in [-0.4, -0.2) is 63.8 Å². The third-order valence-corrected chi connectivity index (χ3v) is 4.58. The van der Waals surface area contributed by atoms with Crippen LogP contribution >= 0.6 is 0 Å². The maximum atomic E-state index is 11.9. The number of hydrogen-bond donors (Lipinski definition) is 1. The molecule has 2 aliphatic rings. The van der Waals surface area contributed by atoms with E-state index in [2.05, 4.69) is 25.6 Å². The van der Waals surface area contributed by atoms with Crippen molar-refractivity contribution in [3.63, 3.8) is 0 Å². The highest BCUT2D eigenvalue weighted by atomic mass is 16.6. The van der Waals surface area contributed by atoms with Gasteiger partial charge in [0.25, 0.3) is 0 Å². The molecule has 2 aromatic rings. The topological polar surface area (TPSA) is 100 Å². The van der Waals surface area contributed by atoms with E-state index in [1.165, 1.54) is 0 Å². The summed E-state index contributed by atoms with van der Waals surface area (Å²) < 4.78 is 4.73. The summed E-state index contributed by atoms with van der Waals surface area (Å²) in [5.41, 5.74) is 0.805. The Bertz CT molecular complexity index is 757. The highest BCUT2D eigenvalue weighted by molar-refractivity contribution is 5.79. The second kappa shape index (κ2) is 5.88. The van der Waals surface area contributed by atoms with Crippen LogP contribution in [0.15, 0.2) is 4.63 Å². The Hall–Kier alpha value is -2.45. The van der Waals surface area contributed by atoms with Gasteiger partial charge in [-0.1, -0.05) is 0 Å². The molecule has 4 rings (SSSR count). The maximum Gasteiger partial charge on any atom is 0.245 e. The molecule has 1 N–H and O–H groups in total. The number of rotatable bonds is 6. The zero-order chi connectivity index (χ0) is 16.7. The van der Waals surface area contributed by atoms with Gasteiger partial charge in [0.1, 0.15) is 0 Å². The highest BCUT2D eigenvalue weighted by Gasteiger charge is 2.31. The number of aromatic nitrogens is 4. The lowest BCUT2D eigenvalue weighted by Crippen LogP contribution is -2.30. The molecule has 9 heteroatoms. The molecule has 1 aliphatic carbocycles. The van der Waals surface area contributed by atoms with Crippen LogP contribution in [-0.2, 0) is 4.79 Å². The molecule has 1 saturated heterocycles. The monoisotopic (exact) mass is 331 g/mol. The molecule has 3 heterocycles. The molecular formula is C15H21N7O2. The van der Waals surface area contributed by atoms with Gasteiger partial charge in [0.05, 0.1) is 0 Å². The molecule has 1 atom stereocenters. The van der Waals surface area contributed by atoms with Gasteiger partial charge >= 0.3 is 0 Å². The Kier molecular flexibility index (Phi) is 3.70. The molecular weight excluding hydrogens is 310 g/mol. The van der Waals surface area contributed by atoms with E-state index in [1.807, 2.05) is 23.8 Å². The normalized spacial score (nSPS) is 20.8. The maximum absolute atomic E-state index is 11.9. The van der Waals surface area contributed by atoms with Crippen molar-refractivity contribution < 1.29 is 9.42 Å². The number of nitrogens with one attached hydrogen (secondary N) is 1. The van der Waals surface area contributed by atoms with Crippen LogP contribution in [0.25, 0.3) is 11.3 Å². The van der Waals surface area contributed by atoms with Gasteiger partial charge in [-0.05, 0) is 30.1 Å². The summed E-state index contributed by atoms with van der Waals surface area (Å²) in [6, 6.07) is 0.451. The van der Waals surface area contributed by atoms with E-state index in [0.717, 1.165) is 38.3 Å². The van der Waals surface area contributed by atoms with Crippen molar-refractivity contribution in [1.29, 1.82) is 0 Å². The summed E-state index contributed by atoms with van der Waals surface area (Å²) in [6.07, 6.45) is 2.87. The average molecular weight is 331 g/mol. The van der Waals surface area contributed by atoms with Crippen molar-refractivity contribution in [3.8, 4) is 0 Å². The first-order valence-electron chi connectivity index (χ1n) is 8.39. The zero-order valence-corrected chi connectivity index (χ0v) is 13.9. The Labute approximate surface area is 139 Å². The van der Waals surface area contributed by atoms with Crippen molar-refractivity contribution in [1.82, 2.24) is 25.2 Å². The van der Waals surface area contributed by atoms with E-state index in [4.69, 9.17) is 4.63 Å². The third kappa shape index (κ3) is 2.85. The molecule has 0 radical (unpaired) electrons. The van der Waals surface area contributed by atoms with E-state index >= 15 is 0 Å². The molecule has 1 saturated carbocycles. The molecule has 0 spiro atoms. The van der Waals surface area contributed by atoms with Crippen molar-refractivity contribution >= 4 is 28.8 Å². The minimum Gasteiger partial charge on any atom is -0.364 e. The smallest absolute Gasteiger partial charge is 0.245 e. The number of hydrogen-bond acceptors (Lipinski definition) is 8. The van der Waals surface area contributed by atoms with Crippen molar-refractivity contribution in [3.05, 3.63) is 0 Å². The average Bonchev–Trinajstić information content (AvgIpc) is 3.13. The summed E-state index contributed by atoms with van der Waals surface area (Å²) >= 11 is 0. The van der Waals surface area contributed by atoms with E-state index in [-0.39, 0.29) is 5.91 Å². The fourth-order valence-corrected chi connectivity index (χ4v) is 3.17. The van der Waals surface area contributed by atoms with Crippen LogP contribution in [0.5, 0.6) is 0 Å². The summed E-state index contributed by atoms with van der Waals surface area (Å²) in [5.74, 6) is 1.96. The first-order chi connectivity index (χ1) is 11.6. The Morgan fingerprint density at radius 3 is 2.71 bits per heavy atom. The lowest BCUT2D eigenvalue weighted by atomic mass is 10.1. The van der Waals surface area contributed by atoms with Crippen molar-refractivity contribution in [2.24, 2.45) is 5.92 Å². The second-order valence-electron chi connectivity index (χ2n) is 6.61. The fourth-order valence-electron chi connectivity index (χ4n) is 3.17. The Morgan fingerprint density at radius 2 is 2.04 bits per heavy atom. The highest BCUT2D eigenvalue weighted by Crippen LogP contribution is 2.30. The van der Waals surface area contributed by atoms with Gasteiger partial charge in [-0.2, -0.15) is 0 Å². The second-order valence-corrected chi connectivity index (χ2v) is 6.61. The summed E-state index contributed by atoms with van der Waals surface area (Å²) in [7, 11) is 1.97. The molecule has 2 fully saturated rings. The molecule has 9 nitrogen and oxygen atoms in total. The molecule has 1 unspecified atom stereocenters. The van der Waals surface area contributed by atoms with Crippen LogP contribution in [0.2, 0.25) is 0 Å². The number of anilines is 2. The molecule has 0 aromatic carbocycles. The van der Waals surface area contributed by atoms with Gasteiger partial charge in [-0.3, -0.25) is 4.79 Å². The predicted octanol–water partition coefficient (Wildman–Crippen LogP) is 0.892.